The smallest absolute Gasteiger partial charge is 0.275 e. The second-order valence-corrected chi connectivity index (χ2v) is 7.19. The second-order valence-electron chi connectivity index (χ2n) is 4.56. The highest BCUT2D eigenvalue weighted by molar-refractivity contribution is 9.11. The third-order valence-corrected chi connectivity index (χ3v) is 4.68. The number of hydrogen-bond donors (Lipinski definition) is 1. The van der Waals surface area contributed by atoms with Gasteiger partial charge in [0.25, 0.3) is 5.91 Å². The predicted octanol–water partition coefficient (Wildman–Crippen LogP) is 4.76. The Morgan fingerprint density at radius 3 is 2.33 bits per heavy atom. The molecule has 0 saturated carbocycles. The quantitative estimate of drug-likeness (QED) is 0.457. The average molecular weight is 521 g/mol. The fraction of sp³-hybridized carbons (Fsp3) is 0.125. The highest BCUT2D eigenvalue weighted by Gasteiger charge is 2.12. The van der Waals surface area contributed by atoms with Gasteiger partial charge in [0.1, 0.15) is 11.5 Å². The van der Waals surface area contributed by atoms with E-state index < -0.39 is 0 Å². The summed E-state index contributed by atoms with van der Waals surface area (Å²) in [6, 6.07) is 8.84. The van der Waals surface area contributed by atoms with E-state index in [0.29, 0.717) is 17.1 Å². The van der Waals surface area contributed by atoms with Crippen LogP contribution in [0.25, 0.3) is 0 Å². The summed E-state index contributed by atoms with van der Waals surface area (Å²) in [7, 11) is 3.10. The van der Waals surface area contributed by atoms with Crippen molar-refractivity contribution in [2.75, 3.05) is 14.2 Å². The number of amides is 1. The van der Waals surface area contributed by atoms with Crippen LogP contribution < -0.4 is 14.9 Å². The molecular formula is C16H13Br3N2O3. The first kappa shape index (κ1) is 19.0. The minimum atomic E-state index is -0.365. The number of hydrogen-bond acceptors (Lipinski definition) is 4. The number of nitrogens with zero attached hydrogens (tertiary/aromatic N) is 1. The van der Waals surface area contributed by atoms with E-state index in [9.17, 15) is 4.79 Å². The number of carbonyl (C=O) groups excluding carboxylic acids is 1. The van der Waals surface area contributed by atoms with E-state index in [0.717, 1.165) is 19.0 Å². The van der Waals surface area contributed by atoms with E-state index in [1.807, 2.05) is 12.1 Å². The topological polar surface area (TPSA) is 59.9 Å². The van der Waals surface area contributed by atoms with Crippen molar-refractivity contribution >= 4 is 59.9 Å². The van der Waals surface area contributed by atoms with E-state index in [-0.39, 0.29) is 5.91 Å². The zero-order valence-electron chi connectivity index (χ0n) is 12.8. The van der Waals surface area contributed by atoms with E-state index in [1.54, 1.807) is 25.3 Å². The van der Waals surface area contributed by atoms with Gasteiger partial charge in [-0.25, -0.2) is 5.43 Å². The van der Waals surface area contributed by atoms with Crippen LogP contribution in [0.3, 0.4) is 0 Å². The number of rotatable bonds is 5. The number of halogens is 3. The number of carbonyl (C=O) groups is 1. The van der Waals surface area contributed by atoms with Gasteiger partial charge in [-0.1, -0.05) is 15.9 Å². The molecule has 0 fully saturated rings. The molecule has 0 aliphatic carbocycles. The van der Waals surface area contributed by atoms with E-state index in [2.05, 4.69) is 58.3 Å². The lowest BCUT2D eigenvalue weighted by molar-refractivity contribution is 0.0952. The summed E-state index contributed by atoms with van der Waals surface area (Å²) >= 11 is 10.2. The minimum absolute atomic E-state index is 0.365. The molecule has 2 rings (SSSR count). The molecule has 0 aliphatic heterocycles. The third-order valence-electron chi connectivity index (χ3n) is 3.01. The lowest BCUT2D eigenvalue weighted by Crippen LogP contribution is -2.18. The van der Waals surface area contributed by atoms with Gasteiger partial charge in [0.05, 0.1) is 34.9 Å². The average Bonchev–Trinajstić information content (AvgIpc) is 2.54. The van der Waals surface area contributed by atoms with Gasteiger partial charge in [-0.3, -0.25) is 4.79 Å². The number of methoxy groups -OCH3 is 2. The first-order valence-electron chi connectivity index (χ1n) is 6.66. The van der Waals surface area contributed by atoms with Gasteiger partial charge in [0.2, 0.25) is 0 Å². The molecule has 0 unspecified atom stereocenters. The van der Waals surface area contributed by atoms with Gasteiger partial charge >= 0.3 is 0 Å². The Hall–Kier alpha value is -1.38. The number of hydrazone groups is 1. The van der Waals surface area contributed by atoms with E-state index >= 15 is 0 Å². The van der Waals surface area contributed by atoms with Crippen molar-refractivity contribution in [1.29, 1.82) is 0 Å². The van der Waals surface area contributed by atoms with Gasteiger partial charge in [-0.05, 0) is 67.8 Å². The Labute approximate surface area is 164 Å². The van der Waals surface area contributed by atoms with Gasteiger partial charge in [0, 0.05) is 4.47 Å². The Bertz CT molecular complexity index is 771. The van der Waals surface area contributed by atoms with E-state index in [4.69, 9.17) is 9.47 Å². The zero-order valence-corrected chi connectivity index (χ0v) is 17.5. The molecule has 0 aliphatic rings. The Balaban J connectivity index is 2.15. The van der Waals surface area contributed by atoms with Crippen LogP contribution in [0.15, 0.2) is 48.9 Å². The van der Waals surface area contributed by atoms with Gasteiger partial charge in [-0.2, -0.15) is 5.10 Å². The first-order valence-corrected chi connectivity index (χ1v) is 9.04. The number of ether oxygens (including phenoxy) is 2. The molecule has 24 heavy (non-hydrogen) atoms. The van der Waals surface area contributed by atoms with Crippen LogP contribution in [0.2, 0.25) is 0 Å². The predicted molar refractivity (Wildman–Crippen MR) is 104 cm³/mol. The fourth-order valence-corrected chi connectivity index (χ4v) is 3.84. The van der Waals surface area contributed by atoms with Crippen molar-refractivity contribution in [1.82, 2.24) is 5.43 Å². The zero-order chi connectivity index (χ0) is 17.7. The molecule has 1 N–H and O–H groups in total. The highest BCUT2D eigenvalue weighted by atomic mass is 79.9. The molecule has 0 heterocycles. The molecule has 126 valence electrons. The minimum Gasteiger partial charge on any atom is -0.496 e. The van der Waals surface area contributed by atoms with Gasteiger partial charge in [0.15, 0.2) is 0 Å². The number of nitrogens with one attached hydrogen (secondary N) is 1. The monoisotopic (exact) mass is 518 g/mol. The largest absolute Gasteiger partial charge is 0.496 e. The second kappa shape index (κ2) is 8.64. The molecule has 0 atom stereocenters. The molecule has 5 nitrogen and oxygen atoms in total. The molecule has 8 heteroatoms. The summed E-state index contributed by atoms with van der Waals surface area (Å²) in [5.41, 5.74) is 3.66. The maximum atomic E-state index is 12.2. The van der Waals surface area contributed by atoms with Crippen LogP contribution in [0.4, 0.5) is 0 Å². The summed E-state index contributed by atoms with van der Waals surface area (Å²) in [4.78, 5) is 12.2. The normalized spacial score (nSPS) is 10.7. The molecule has 0 saturated heterocycles. The van der Waals surface area contributed by atoms with Crippen LogP contribution >= 0.6 is 47.8 Å². The van der Waals surface area contributed by atoms with Crippen molar-refractivity contribution in [3.63, 3.8) is 0 Å². The summed E-state index contributed by atoms with van der Waals surface area (Å²) in [5.74, 6) is 0.798. The summed E-state index contributed by atoms with van der Waals surface area (Å²) in [6.45, 7) is 0. The van der Waals surface area contributed by atoms with Gasteiger partial charge < -0.3 is 9.47 Å². The lowest BCUT2D eigenvalue weighted by Gasteiger charge is -2.08. The SMILES string of the molecule is COc1ccc(Br)cc1C(=O)N/N=C\c1cc(Br)c(OC)c(Br)c1. The Morgan fingerprint density at radius 1 is 1.08 bits per heavy atom. The van der Waals surface area contributed by atoms with Crippen LogP contribution in [-0.4, -0.2) is 26.3 Å². The fourth-order valence-electron chi connectivity index (χ4n) is 1.93. The van der Waals surface area contributed by atoms with Crippen molar-refractivity contribution in [2.45, 2.75) is 0 Å². The molecular weight excluding hydrogens is 508 g/mol. The number of benzene rings is 2. The van der Waals surface area contributed by atoms with E-state index in [1.165, 1.54) is 13.3 Å². The summed E-state index contributed by atoms with van der Waals surface area (Å²) in [6.07, 6.45) is 1.54. The molecule has 0 radical (unpaired) electrons. The molecule has 1 amide bonds. The maximum absolute atomic E-state index is 12.2. The maximum Gasteiger partial charge on any atom is 0.275 e. The molecule has 2 aromatic rings. The van der Waals surface area contributed by atoms with Crippen molar-refractivity contribution in [3.8, 4) is 11.5 Å². The lowest BCUT2D eigenvalue weighted by atomic mass is 10.2. The highest BCUT2D eigenvalue weighted by Crippen LogP contribution is 2.33. The summed E-state index contributed by atoms with van der Waals surface area (Å²) in [5, 5.41) is 3.98. The molecule has 0 spiro atoms. The first-order chi connectivity index (χ1) is 11.5. The standard InChI is InChI=1S/C16H13Br3N2O3/c1-23-14-4-3-10(17)7-11(14)16(22)21-20-8-9-5-12(18)15(24-2)13(19)6-9/h3-8H,1-2H3,(H,21,22)/b20-8-. The van der Waals surface area contributed by atoms with Crippen molar-refractivity contribution < 1.29 is 14.3 Å². The van der Waals surface area contributed by atoms with Crippen LogP contribution in [0.5, 0.6) is 11.5 Å². The van der Waals surface area contributed by atoms with Crippen LogP contribution in [-0.2, 0) is 0 Å². The molecule has 0 aromatic heterocycles. The third kappa shape index (κ3) is 4.58. The van der Waals surface area contributed by atoms with Crippen molar-refractivity contribution in [3.05, 3.63) is 54.9 Å². The van der Waals surface area contributed by atoms with Crippen LogP contribution in [0, 0.1) is 0 Å². The van der Waals surface area contributed by atoms with Crippen molar-refractivity contribution in [2.24, 2.45) is 5.10 Å². The molecule has 0 bridgehead atoms. The summed E-state index contributed by atoms with van der Waals surface area (Å²) < 4.78 is 12.8. The Morgan fingerprint density at radius 2 is 1.75 bits per heavy atom. The Kier molecular flexibility index (Phi) is 6.82. The van der Waals surface area contributed by atoms with Crippen LogP contribution in [0.1, 0.15) is 15.9 Å². The molecule has 2 aromatic carbocycles. The van der Waals surface area contributed by atoms with Gasteiger partial charge in [-0.15, -0.1) is 0 Å².